The van der Waals surface area contributed by atoms with E-state index in [4.69, 9.17) is 4.74 Å². The van der Waals surface area contributed by atoms with Gasteiger partial charge in [0, 0.05) is 5.54 Å². The Morgan fingerprint density at radius 2 is 1.58 bits per heavy atom. The van der Waals surface area contributed by atoms with Crippen LogP contribution >= 0.6 is 0 Å². The lowest BCUT2D eigenvalue weighted by molar-refractivity contribution is -0.122. The second-order valence-corrected chi connectivity index (χ2v) is 10.8. The SMILES string of the molecule is COc1ccc(N2C(=O)CC(N(C(C)(C)C)S(=O)(=O)c3ccc4ccccc4c3)C2=O)cc1. The number of methoxy groups -OCH3 is 1. The summed E-state index contributed by atoms with van der Waals surface area (Å²) in [5.74, 6) is -0.424. The lowest BCUT2D eigenvalue weighted by Gasteiger charge is -2.37. The van der Waals surface area contributed by atoms with Crippen molar-refractivity contribution in [2.75, 3.05) is 12.0 Å². The van der Waals surface area contributed by atoms with E-state index in [1.54, 1.807) is 63.2 Å². The summed E-state index contributed by atoms with van der Waals surface area (Å²) in [5.41, 5.74) is -0.564. The van der Waals surface area contributed by atoms with E-state index in [2.05, 4.69) is 0 Å². The molecule has 2 amide bonds. The Kier molecular flexibility index (Phi) is 5.76. The fraction of sp³-hybridized carbons (Fsp3) is 0.280. The Bertz CT molecular complexity index is 1330. The number of amides is 2. The molecule has 0 N–H and O–H groups in total. The number of sulfonamides is 1. The van der Waals surface area contributed by atoms with Crippen molar-refractivity contribution in [3.63, 3.8) is 0 Å². The Balaban J connectivity index is 1.75. The number of rotatable bonds is 5. The smallest absolute Gasteiger partial charge is 0.252 e. The van der Waals surface area contributed by atoms with Gasteiger partial charge >= 0.3 is 0 Å². The summed E-state index contributed by atoms with van der Waals surface area (Å²) >= 11 is 0. The first kappa shape index (κ1) is 22.9. The molecule has 7 nitrogen and oxygen atoms in total. The maximum atomic E-state index is 13.8. The summed E-state index contributed by atoms with van der Waals surface area (Å²) in [6.07, 6.45) is -0.227. The van der Waals surface area contributed by atoms with E-state index < -0.39 is 33.4 Å². The van der Waals surface area contributed by atoms with Gasteiger partial charge in [-0.1, -0.05) is 30.3 Å². The van der Waals surface area contributed by atoms with Gasteiger partial charge in [-0.3, -0.25) is 9.59 Å². The first-order chi connectivity index (χ1) is 15.5. The Morgan fingerprint density at radius 1 is 0.939 bits per heavy atom. The largest absolute Gasteiger partial charge is 0.497 e. The average molecular weight is 467 g/mol. The molecule has 1 fully saturated rings. The molecule has 0 aromatic heterocycles. The van der Waals surface area contributed by atoms with Crippen LogP contribution in [0.5, 0.6) is 5.75 Å². The van der Waals surface area contributed by atoms with Crippen LogP contribution in [0.25, 0.3) is 10.8 Å². The highest BCUT2D eigenvalue weighted by atomic mass is 32.2. The molecule has 0 radical (unpaired) electrons. The molecule has 0 aliphatic carbocycles. The van der Waals surface area contributed by atoms with Crippen LogP contribution in [0.2, 0.25) is 0 Å². The number of hydrogen-bond acceptors (Lipinski definition) is 5. The molecule has 3 aromatic rings. The number of nitrogens with zero attached hydrogens (tertiary/aromatic N) is 2. The molecule has 1 heterocycles. The van der Waals surface area contributed by atoms with Gasteiger partial charge in [0.05, 0.1) is 24.1 Å². The van der Waals surface area contributed by atoms with Gasteiger partial charge in [0.15, 0.2) is 0 Å². The molecule has 0 saturated carbocycles. The van der Waals surface area contributed by atoms with Crippen LogP contribution in [0.4, 0.5) is 5.69 Å². The van der Waals surface area contributed by atoms with E-state index in [0.717, 1.165) is 15.7 Å². The zero-order valence-corrected chi connectivity index (χ0v) is 19.8. The van der Waals surface area contributed by atoms with Crippen molar-refractivity contribution in [1.82, 2.24) is 4.31 Å². The quantitative estimate of drug-likeness (QED) is 0.532. The van der Waals surface area contributed by atoms with Gasteiger partial charge in [-0.05, 0) is 67.9 Å². The van der Waals surface area contributed by atoms with Crippen molar-refractivity contribution < 1.29 is 22.7 Å². The maximum Gasteiger partial charge on any atom is 0.252 e. The lowest BCUT2D eigenvalue weighted by atomic mass is 10.1. The highest BCUT2D eigenvalue weighted by Gasteiger charge is 2.50. The number of hydrogen-bond donors (Lipinski definition) is 0. The molecule has 8 heteroatoms. The van der Waals surface area contributed by atoms with E-state index in [1.807, 2.05) is 24.3 Å². The van der Waals surface area contributed by atoms with Crippen molar-refractivity contribution in [1.29, 1.82) is 0 Å². The number of imide groups is 1. The van der Waals surface area contributed by atoms with E-state index in [9.17, 15) is 18.0 Å². The zero-order valence-electron chi connectivity index (χ0n) is 19.0. The van der Waals surface area contributed by atoms with Crippen molar-refractivity contribution >= 4 is 38.3 Å². The van der Waals surface area contributed by atoms with Gasteiger partial charge < -0.3 is 4.74 Å². The molecule has 1 aliphatic heterocycles. The van der Waals surface area contributed by atoms with Crippen LogP contribution in [-0.4, -0.2) is 43.2 Å². The van der Waals surface area contributed by atoms with E-state index >= 15 is 0 Å². The highest BCUT2D eigenvalue weighted by molar-refractivity contribution is 7.89. The molecular weight excluding hydrogens is 440 g/mol. The van der Waals surface area contributed by atoms with Crippen LogP contribution in [0.3, 0.4) is 0 Å². The first-order valence-corrected chi connectivity index (χ1v) is 12.0. The molecule has 1 aliphatic rings. The fourth-order valence-electron chi connectivity index (χ4n) is 4.24. The van der Waals surface area contributed by atoms with Crippen molar-refractivity contribution in [2.24, 2.45) is 0 Å². The van der Waals surface area contributed by atoms with Crippen LogP contribution in [0.15, 0.2) is 71.6 Å². The van der Waals surface area contributed by atoms with E-state index in [0.29, 0.717) is 11.4 Å². The van der Waals surface area contributed by atoms with Crippen LogP contribution in [-0.2, 0) is 19.6 Å². The minimum atomic E-state index is -4.09. The van der Waals surface area contributed by atoms with Gasteiger partial charge in [-0.25, -0.2) is 13.3 Å². The number of anilines is 1. The summed E-state index contributed by atoms with van der Waals surface area (Å²) < 4.78 is 33.9. The minimum Gasteiger partial charge on any atom is -0.497 e. The molecule has 1 saturated heterocycles. The molecule has 1 unspecified atom stereocenters. The molecule has 1 atom stereocenters. The zero-order chi connectivity index (χ0) is 24.0. The summed E-state index contributed by atoms with van der Waals surface area (Å²) in [7, 11) is -2.57. The summed E-state index contributed by atoms with van der Waals surface area (Å²) in [6.45, 7) is 5.16. The third kappa shape index (κ3) is 4.12. The Labute approximate surface area is 193 Å². The Hall–Kier alpha value is -3.23. The van der Waals surface area contributed by atoms with Crippen molar-refractivity contribution in [3.05, 3.63) is 66.7 Å². The number of ether oxygens (including phenoxy) is 1. The summed E-state index contributed by atoms with van der Waals surface area (Å²) in [5, 5.41) is 1.69. The second-order valence-electron chi connectivity index (χ2n) is 8.97. The summed E-state index contributed by atoms with van der Waals surface area (Å²) in [4.78, 5) is 27.4. The van der Waals surface area contributed by atoms with Crippen molar-refractivity contribution in [2.45, 2.75) is 43.7 Å². The predicted molar refractivity (Wildman–Crippen MR) is 127 cm³/mol. The minimum absolute atomic E-state index is 0.0827. The van der Waals surface area contributed by atoms with Gasteiger partial charge in [0.25, 0.3) is 5.91 Å². The van der Waals surface area contributed by atoms with Crippen LogP contribution in [0, 0.1) is 0 Å². The molecule has 0 bridgehead atoms. The molecule has 3 aromatic carbocycles. The van der Waals surface area contributed by atoms with Gasteiger partial charge in [0.1, 0.15) is 11.8 Å². The monoisotopic (exact) mass is 466 g/mol. The predicted octanol–water partition coefficient (Wildman–Crippen LogP) is 3.97. The highest BCUT2D eigenvalue weighted by Crippen LogP contribution is 2.35. The van der Waals surface area contributed by atoms with Gasteiger partial charge in [-0.15, -0.1) is 0 Å². The first-order valence-electron chi connectivity index (χ1n) is 10.6. The molecule has 4 rings (SSSR count). The fourth-order valence-corrected chi connectivity index (χ4v) is 6.20. The molecular formula is C25H26N2O5S. The number of benzene rings is 3. The standard InChI is InChI=1S/C25H26N2O5S/c1-25(2,3)27(33(30,31)21-14-9-17-7-5-6-8-18(17)15-21)22-16-23(28)26(24(22)29)19-10-12-20(32-4)13-11-19/h5-15,22H,16H2,1-4H3. The number of fused-ring (bicyclic) bond motifs is 1. The van der Waals surface area contributed by atoms with E-state index in [1.165, 1.54) is 11.4 Å². The van der Waals surface area contributed by atoms with Crippen LogP contribution < -0.4 is 9.64 Å². The van der Waals surface area contributed by atoms with Crippen molar-refractivity contribution in [3.8, 4) is 5.75 Å². The maximum absolute atomic E-state index is 13.8. The third-order valence-corrected chi connectivity index (χ3v) is 7.85. The average Bonchev–Trinajstić information content (AvgIpc) is 3.05. The molecule has 33 heavy (non-hydrogen) atoms. The second kappa shape index (κ2) is 8.28. The normalized spacial score (nSPS) is 17.2. The lowest BCUT2D eigenvalue weighted by Crippen LogP contribution is -2.54. The molecule has 172 valence electrons. The topological polar surface area (TPSA) is 84.0 Å². The molecule has 0 spiro atoms. The van der Waals surface area contributed by atoms with E-state index in [-0.39, 0.29) is 11.3 Å². The number of carbonyl (C=O) groups is 2. The van der Waals surface area contributed by atoms with Gasteiger partial charge in [-0.2, -0.15) is 4.31 Å². The van der Waals surface area contributed by atoms with Gasteiger partial charge in [0.2, 0.25) is 15.9 Å². The number of carbonyl (C=O) groups excluding carboxylic acids is 2. The Morgan fingerprint density at radius 3 is 2.18 bits per heavy atom. The summed E-state index contributed by atoms with van der Waals surface area (Å²) in [6, 6.07) is 17.7. The third-order valence-electron chi connectivity index (χ3n) is 5.68. The van der Waals surface area contributed by atoms with Crippen LogP contribution in [0.1, 0.15) is 27.2 Å².